The lowest BCUT2D eigenvalue weighted by molar-refractivity contribution is -0.116. The van der Waals surface area contributed by atoms with Gasteiger partial charge < -0.3 is 10.6 Å². The number of rotatable bonds is 3. The number of piperidine rings is 1. The van der Waals surface area contributed by atoms with E-state index in [4.69, 9.17) is 0 Å². The highest BCUT2D eigenvalue weighted by molar-refractivity contribution is 5.88. The summed E-state index contributed by atoms with van der Waals surface area (Å²) in [5.41, 5.74) is 0. The Balaban J connectivity index is 1.74. The van der Waals surface area contributed by atoms with Crippen LogP contribution in [0.15, 0.2) is 12.2 Å². The van der Waals surface area contributed by atoms with Crippen molar-refractivity contribution in [1.29, 1.82) is 0 Å². The van der Waals surface area contributed by atoms with E-state index in [1.54, 1.807) is 6.08 Å². The topological polar surface area (TPSA) is 41.1 Å². The lowest BCUT2D eigenvalue weighted by Gasteiger charge is -2.04. The second-order valence-electron chi connectivity index (χ2n) is 3.83. The van der Waals surface area contributed by atoms with Crippen LogP contribution in [-0.2, 0) is 4.79 Å². The van der Waals surface area contributed by atoms with Gasteiger partial charge >= 0.3 is 0 Å². The largest absolute Gasteiger partial charge is 0.349 e. The Hall–Kier alpha value is -0.830. The molecule has 72 valence electrons. The van der Waals surface area contributed by atoms with E-state index in [2.05, 4.69) is 10.6 Å². The van der Waals surface area contributed by atoms with Gasteiger partial charge in [0, 0.05) is 19.1 Å². The van der Waals surface area contributed by atoms with Gasteiger partial charge in [-0.25, -0.2) is 0 Å². The Morgan fingerprint density at radius 2 is 2.23 bits per heavy atom. The molecule has 3 atom stereocenters. The Kier molecular flexibility index (Phi) is 2.36. The van der Waals surface area contributed by atoms with Gasteiger partial charge in [-0.05, 0) is 24.3 Å². The molecule has 1 heterocycles. The molecule has 0 bridgehead atoms. The van der Waals surface area contributed by atoms with Gasteiger partial charge in [-0.3, -0.25) is 4.79 Å². The third-order valence-electron chi connectivity index (χ3n) is 2.91. The molecular weight excluding hydrogens is 164 g/mol. The van der Waals surface area contributed by atoms with Crippen LogP contribution in [-0.4, -0.2) is 25.0 Å². The average molecular weight is 180 g/mol. The first-order chi connectivity index (χ1) is 6.33. The maximum Gasteiger partial charge on any atom is 0.243 e. The molecule has 0 radical (unpaired) electrons. The van der Waals surface area contributed by atoms with Gasteiger partial charge in [-0.1, -0.05) is 13.0 Å². The summed E-state index contributed by atoms with van der Waals surface area (Å²) in [5.74, 6) is 1.49. The Morgan fingerprint density at radius 1 is 1.54 bits per heavy atom. The monoisotopic (exact) mass is 180 g/mol. The van der Waals surface area contributed by atoms with Crippen molar-refractivity contribution in [2.24, 2.45) is 11.8 Å². The second-order valence-corrected chi connectivity index (χ2v) is 3.83. The standard InChI is InChI=1S/C10H16N2O/c1-2-3-4-9(13)12-10-7-5-11-6-8(7)10/h3-4,7-8,10-11H,2,5-6H2,1H3,(H,12,13)/b4-3+/t7-,8+,10?. The summed E-state index contributed by atoms with van der Waals surface area (Å²) < 4.78 is 0. The fourth-order valence-electron chi connectivity index (χ4n) is 2.07. The van der Waals surface area contributed by atoms with Gasteiger partial charge in [0.15, 0.2) is 0 Å². The van der Waals surface area contributed by atoms with Crippen LogP contribution in [0.3, 0.4) is 0 Å². The molecule has 0 spiro atoms. The van der Waals surface area contributed by atoms with Crippen molar-refractivity contribution >= 4 is 5.91 Å². The molecular formula is C10H16N2O. The number of nitrogens with one attached hydrogen (secondary N) is 2. The number of amides is 1. The third kappa shape index (κ3) is 1.75. The summed E-state index contributed by atoms with van der Waals surface area (Å²) in [6.45, 7) is 4.18. The summed E-state index contributed by atoms with van der Waals surface area (Å²) in [4.78, 5) is 11.3. The van der Waals surface area contributed by atoms with Crippen LogP contribution in [0.4, 0.5) is 0 Å². The van der Waals surface area contributed by atoms with Crippen LogP contribution >= 0.6 is 0 Å². The van der Waals surface area contributed by atoms with Crippen molar-refractivity contribution in [3.8, 4) is 0 Å². The van der Waals surface area contributed by atoms with Crippen LogP contribution < -0.4 is 10.6 Å². The molecule has 1 aliphatic carbocycles. The van der Waals surface area contributed by atoms with Crippen LogP contribution in [0.2, 0.25) is 0 Å². The van der Waals surface area contributed by atoms with Gasteiger partial charge in [-0.2, -0.15) is 0 Å². The van der Waals surface area contributed by atoms with Crippen molar-refractivity contribution in [3.05, 3.63) is 12.2 Å². The highest BCUT2D eigenvalue weighted by Crippen LogP contribution is 2.41. The third-order valence-corrected chi connectivity index (χ3v) is 2.91. The number of fused-ring (bicyclic) bond motifs is 1. The summed E-state index contributed by atoms with van der Waals surface area (Å²) in [7, 11) is 0. The Morgan fingerprint density at radius 3 is 2.85 bits per heavy atom. The summed E-state index contributed by atoms with van der Waals surface area (Å²) in [6, 6.07) is 0.454. The lowest BCUT2D eigenvalue weighted by atomic mass is 10.3. The lowest BCUT2D eigenvalue weighted by Crippen LogP contribution is -2.31. The molecule has 1 unspecified atom stereocenters. The molecule has 2 N–H and O–H groups in total. The van der Waals surface area contributed by atoms with Crippen LogP contribution in [0.25, 0.3) is 0 Å². The molecule has 1 amide bonds. The van der Waals surface area contributed by atoms with Crippen LogP contribution in [0, 0.1) is 11.8 Å². The van der Waals surface area contributed by atoms with E-state index in [1.165, 1.54) is 0 Å². The fraction of sp³-hybridized carbons (Fsp3) is 0.700. The van der Waals surface area contributed by atoms with Crippen LogP contribution in [0.1, 0.15) is 13.3 Å². The highest BCUT2D eigenvalue weighted by atomic mass is 16.1. The van der Waals surface area contributed by atoms with Crippen molar-refractivity contribution in [2.45, 2.75) is 19.4 Å². The Labute approximate surface area is 78.6 Å². The van der Waals surface area contributed by atoms with E-state index < -0.39 is 0 Å². The SMILES string of the molecule is CC/C=C/C(=O)NC1[C@H]2CNC[C@@H]12. The van der Waals surface area contributed by atoms with Crippen molar-refractivity contribution in [1.82, 2.24) is 10.6 Å². The Bertz CT molecular complexity index is 227. The summed E-state index contributed by atoms with van der Waals surface area (Å²) in [5, 5.41) is 6.32. The summed E-state index contributed by atoms with van der Waals surface area (Å²) in [6.07, 6.45) is 4.46. The zero-order valence-corrected chi connectivity index (χ0v) is 7.92. The molecule has 13 heavy (non-hydrogen) atoms. The van der Waals surface area contributed by atoms with E-state index in [1.807, 2.05) is 13.0 Å². The second kappa shape index (κ2) is 3.50. The molecule has 1 aliphatic heterocycles. The smallest absolute Gasteiger partial charge is 0.243 e. The van der Waals surface area contributed by atoms with Gasteiger partial charge in [0.2, 0.25) is 5.91 Å². The van der Waals surface area contributed by atoms with Crippen LogP contribution in [0.5, 0.6) is 0 Å². The highest BCUT2D eigenvalue weighted by Gasteiger charge is 2.53. The van der Waals surface area contributed by atoms with Crippen molar-refractivity contribution in [3.63, 3.8) is 0 Å². The van der Waals surface area contributed by atoms with E-state index in [-0.39, 0.29) is 5.91 Å². The fourth-order valence-corrected chi connectivity index (χ4v) is 2.07. The predicted molar refractivity (Wildman–Crippen MR) is 51.2 cm³/mol. The molecule has 1 saturated carbocycles. The van der Waals surface area contributed by atoms with E-state index in [0.29, 0.717) is 17.9 Å². The first-order valence-electron chi connectivity index (χ1n) is 5.00. The van der Waals surface area contributed by atoms with Gasteiger partial charge in [0.25, 0.3) is 0 Å². The van der Waals surface area contributed by atoms with E-state index >= 15 is 0 Å². The van der Waals surface area contributed by atoms with Gasteiger partial charge in [-0.15, -0.1) is 0 Å². The summed E-state index contributed by atoms with van der Waals surface area (Å²) >= 11 is 0. The number of allylic oxidation sites excluding steroid dienone is 1. The number of carbonyl (C=O) groups excluding carboxylic acids is 1. The molecule has 1 saturated heterocycles. The molecule has 0 aromatic rings. The minimum atomic E-state index is 0.0706. The molecule has 3 nitrogen and oxygen atoms in total. The molecule has 3 heteroatoms. The minimum absolute atomic E-state index is 0.0706. The number of carbonyl (C=O) groups is 1. The predicted octanol–water partition coefficient (Wildman–Crippen LogP) is 0.287. The minimum Gasteiger partial charge on any atom is -0.349 e. The zero-order chi connectivity index (χ0) is 9.26. The van der Waals surface area contributed by atoms with Crippen molar-refractivity contribution < 1.29 is 4.79 Å². The molecule has 0 aromatic heterocycles. The first-order valence-corrected chi connectivity index (χ1v) is 5.00. The van der Waals surface area contributed by atoms with E-state index in [9.17, 15) is 4.79 Å². The van der Waals surface area contributed by atoms with Gasteiger partial charge in [0.1, 0.15) is 0 Å². The maximum atomic E-state index is 11.3. The molecule has 2 aliphatic rings. The number of hydrogen-bond donors (Lipinski definition) is 2. The maximum absolute atomic E-state index is 11.3. The molecule has 0 aromatic carbocycles. The van der Waals surface area contributed by atoms with Crippen molar-refractivity contribution in [2.75, 3.05) is 13.1 Å². The van der Waals surface area contributed by atoms with Gasteiger partial charge in [0.05, 0.1) is 0 Å². The number of hydrogen-bond acceptors (Lipinski definition) is 2. The quantitative estimate of drug-likeness (QED) is 0.613. The normalized spacial score (nSPS) is 36.2. The molecule has 2 fully saturated rings. The first kappa shape index (κ1) is 8.75. The zero-order valence-electron chi connectivity index (χ0n) is 7.92. The molecule has 2 rings (SSSR count). The van der Waals surface area contributed by atoms with E-state index in [0.717, 1.165) is 19.5 Å². The average Bonchev–Trinajstić information content (AvgIpc) is 2.63.